The van der Waals surface area contributed by atoms with Gasteiger partial charge in [-0.1, -0.05) is 19.8 Å². The van der Waals surface area contributed by atoms with Crippen molar-refractivity contribution < 1.29 is 14.7 Å². The summed E-state index contributed by atoms with van der Waals surface area (Å²) >= 11 is 0. The van der Waals surface area contributed by atoms with Crippen molar-refractivity contribution >= 4 is 11.9 Å². The van der Waals surface area contributed by atoms with E-state index in [-0.39, 0.29) is 5.91 Å². The molecule has 0 saturated heterocycles. The molecule has 0 fully saturated rings. The molecule has 0 aromatic heterocycles. The number of nitrogens with one attached hydrogen (secondary N) is 1. The first kappa shape index (κ1) is 14.9. The third kappa shape index (κ3) is 7.23. The number of hydrogen-bond acceptors (Lipinski definition) is 3. The molecule has 0 aliphatic rings. The highest BCUT2D eigenvalue weighted by Crippen LogP contribution is 2.01. The molecule has 0 spiro atoms. The molecule has 5 nitrogen and oxygen atoms in total. The second kappa shape index (κ2) is 9.15. The van der Waals surface area contributed by atoms with Crippen molar-refractivity contribution in [3.05, 3.63) is 0 Å². The number of carboxylic acid groups (broad SMARTS) is 1. The van der Waals surface area contributed by atoms with Crippen LogP contribution in [0.3, 0.4) is 0 Å². The van der Waals surface area contributed by atoms with Gasteiger partial charge < -0.3 is 16.2 Å². The van der Waals surface area contributed by atoms with Crippen LogP contribution in [0.25, 0.3) is 0 Å². The molecule has 16 heavy (non-hydrogen) atoms. The van der Waals surface area contributed by atoms with E-state index in [1.807, 2.05) is 6.92 Å². The fourth-order valence-electron chi connectivity index (χ4n) is 1.42. The summed E-state index contributed by atoms with van der Waals surface area (Å²) < 4.78 is 0. The maximum absolute atomic E-state index is 11.4. The lowest BCUT2D eigenvalue weighted by Crippen LogP contribution is -2.40. The van der Waals surface area contributed by atoms with E-state index in [9.17, 15) is 9.59 Å². The van der Waals surface area contributed by atoms with Gasteiger partial charge in [0.25, 0.3) is 0 Å². The molecule has 0 aromatic carbocycles. The molecule has 1 amide bonds. The summed E-state index contributed by atoms with van der Waals surface area (Å²) in [4.78, 5) is 22.2. The van der Waals surface area contributed by atoms with Crippen LogP contribution in [0.4, 0.5) is 0 Å². The maximum atomic E-state index is 11.4. The topological polar surface area (TPSA) is 92.4 Å². The predicted octanol–water partition coefficient (Wildman–Crippen LogP) is 0.875. The van der Waals surface area contributed by atoms with Crippen LogP contribution in [0, 0.1) is 0 Å². The van der Waals surface area contributed by atoms with Gasteiger partial charge in [0, 0.05) is 6.42 Å². The highest BCUT2D eigenvalue weighted by molar-refractivity contribution is 5.83. The van der Waals surface area contributed by atoms with E-state index in [0.29, 0.717) is 19.4 Å². The molecule has 4 N–H and O–H groups in total. The third-order valence-corrected chi connectivity index (χ3v) is 2.32. The van der Waals surface area contributed by atoms with E-state index >= 15 is 0 Å². The number of amides is 1. The average Bonchev–Trinajstić information content (AvgIpc) is 2.23. The predicted molar refractivity (Wildman–Crippen MR) is 62.0 cm³/mol. The summed E-state index contributed by atoms with van der Waals surface area (Å²) in [5.74, 6) is -1.14. The molecular formula is C11H22N2O3. The second-order valence-electron chi connectivity index (χ2n) is 3.85. The Morgan fingerprint density at radius 1 is 1.31 bits per heavy atom. The van der Waals surface area contributed by atoms with Crippen LogP contribution in [0.5, 0.6) is 0 Å². The monoisotopic (exact) mass is 230 g/mol. The van der Waals surface area contributed by atoms with E-state index in [4.69, 9.17) is 10.8 Å². The van der Waals surface area contributed by atoms with Crippen LogP contribution >= 0.6 is 0 Å². The van der Waals surface area contributed by atoms with Gasteiger partial charge in [0.05, 0.1) is 0 Å². The lowest BCUT2D eigenvalue weighted by atomic mass is 10.1. The highest BCUT2D eigenvalue weighted by Gasteiger charge is 2.17. The van der Waals surface area contributed by atoms with E-state index < -0.39 is 12.0 Å². The van der Waals surface area contributed by atoms with Gasteiger partial charge in [0.15, 0.2) is 0 Å². The Balaban J connectivity index is 3.77. The van der Waals surface area contributed by atoms with Crippen molar-refractivity contribution in [2.45, 2.75) is 51.5 Å². The van der Waals surface area contributed by atoms with E-state index in [1.165, 1.54) is 0 Å². The normalized spacial score (nSPS) is 12.1. The zero-order valence-corrected chi connectivity index (χ0v) is 9.87. The fourth-order valence-corrected chi connectivity index (χ4v) is 1.42. The van der Waals surface area contributed by atoms with Crippen LogP contribution in [-0.4, -0.2) is 29.6 Å². The lowest BCUT2D eigenvalue weighted by Gasteiger charge is -2.13. The third-order valence-electron chi connectivity index (χ3n) is 2.32. The zero-order chi connectivity index (χ0) is 12.4. The number of aliphatic carboxylic acids is 1. The molecule has 0 aliphatic heterocycles. The summed E-state index contributed by atoms with van der Waals surface area (Å²) in [6, 6.07) is -0.744. The fraction of sp³-hybridized carbons (Fsp3) is 0.818. The molecule has 0 saturated carbocycles. The largest absolute Gasteiger partial charge is 0.480 e. The van der Waals surface area contributed by atoms with Gasteiger partial charge in [-0.3, -0.25) is 4.79 Å². The van der Waals surface area contributed by atoms with Crippen LogP contribution in [0.2, 0.25) is 0 Å². The first-order valence-corrected chi connectivity index (χ1v) is 5.84. The number of nitrogens with two attached hydrogens (primary N) is 1. The van der Waals surface area contributed by atoms with Crippen LogP contribution < -0.4 is 11.1 Å². The molecule has 0 rings (SSSR count). The average molecular weight is 230 g/mol. The molecule has 0 radical (unpaired) electrons. The molecule has 0 aliphatic carbocycles. The smallest absolute Gasteiger partial charge is 0.326 e. The van der Waals surface area contributed by atoms with Crippen molar-refractivity contribution in [2.24, 2.45) is 5.73 Å². The van der Waals surface area contributed by atoms with Crippen LogP contribution in [-0.2, 0) is 9.59 Å². The van der Waals surface area contributed by atoms with Gasteiger partial charge >= 0.3 is 5.97 Å². The summed E-state index contributed by atoms with van der Waals surface area (Å²) in [6.07, 6.45) is 4.18. The van der Waals surface area contributed by atoms with Crippen LogP contribution in [0.15, 0.2) is 0 Å². The number of rotatable bonds is 9. The Labute approximate surface area is 96.4 Å². The minimum Gasteiger partial charge on any atom is -0.480 e. The SMILES string of the molecule is CCC[C@@H](NC(=O)CCCCCN)C(=O)O. The molecule has 1 atom stereocenters. The van der Waals surface area contributed by atoms with E-state index in [0.717, 1.165) is 25.7 Å². The maximum Gasteiger partial charge on any atom is 0.326 e. The summed E-state index contributed by atoms with van der Waals surface area (Å²) in [6.45, 7) is 2.53. The molecular weight excluding hydrogens is 208 g/mol. The Morgan fingerprint density at radius 2 is 2.00 bits per heavy atom. The number of unbranched alkanes of at least 4 members (excludes halogenated alkanes) is 2. The summed E-state index contributed by atoms with van der Waals surface area (Å²) in [5.41, 5.74) is 5.33. The second-order valence-corrected chi connectivity index (χ2v) is 3.85. The van der Waals surface area contributed by atoms with Crippen LogP contribution in [0.1, 0.15) is 45.4 Å². The Hall–Kier alpha value is -1.10. The Morgan fingerprint density at radius 3 is 2.50 bits per heavy atom. The molecule has 0 aromatic rings. The van der Waals surface area contributed by atoms with Gasteiger partial charge in [-0.15, -0.1) is 0 Å². The van der Waals surface area contributed by atoms with Gasteiger partial charge in [-0.2, -0.15) is 0 Å². The van der Waals surface area contributed by atoms with Crippen molar-refractivity contribution in [3.8, 4) is 0 Å². The number of carboxylic acids is 1. The first-order valence-electron chi connectivity index (χ1n) is 5.84. The lowest BCUT2D eigenvalue weighted by molar-refractivity contribution is -0.142. The molecule has 0 bridgehead atoms. The zero-order valence-electron chi connectivity index (χ0n) is 9.87. The Kier molecular flexibility index (Phi) is 8.52. The standard InChI is InChI=1S/C11H22N2O3/c1-2-6-9(11(15)16)13-10(14)7-4-3-5-8-12/h9H,2-8,12H2,1H3,(H,13,14)(H,15,16)/t9-/m1/s1. The van der Waals surface area contributed by atoms with Crippen molar-refractivity contribution in [1.29, 1.82) is 0 Å². The summed E-state index contributed by atoms with van der Waals surface area (Å²) in [5, 5.41) is 11.4. The first-order chi connectivity index (χ1) is 7.61. The van der Waals surface area contributed by atoms with Crippen molar-refractivity contribution in [2.75, 3.05) is 6.54 Å². The Bertz CT molecular complexity index is 219. The quantitative estimate of drug-likeness (QED) is 0.512. The number of carbonyl (C=O) groups excluding carboxylic acids is 1. The van der Waals surface area contributed by atoms with Gasteiger partial charge in [0.2, 0.25) is 5.91 Å². The van der Waals surface area contributed by atoms with E-state index in [2.05, 4.69) is 5.32 Å². The molecule has 0 heterocycles. The molecule has 0 unspecified atom stereocenters. The highest BCUT2D eigenvalue weighted by atomic mass is 16.4. The van der Waals surface area contributed by atoms with Gasteiger partial charge in [-0.05, 0) is 25.8 Å². The van der Waals surface area contributed by atoms with Gasteiger partial charge in [0.1, 0.15) is 6.04 Å². The van der Waals surface area contributed by atoms with Crippen molar-refractivity contribution in [3.63, 3.8) is 0 Å². The van der Waals surface area contributed by atoms with Gasteiger partial charge in [-0.25, -0.2) is 4.79 Å². The summed E-state index contributed by atoms with van der Waals surface area (Å²) in [7, 11) is 0. The number of hydrogen-bond donors (Lipinski definition) is 3. The minimum atomic E-state index is -0.961. The molecule has 5 heteroatoms. The van der Waals surface area contributed by atoms with Crippen molar-refractivity contribution in [1.82, 2.24) is 5.32 Å². The minimum absolute atomic E-state index is 0.183. The van der Waals surface area contributed by atoms with E-state index in [1.54, 1.807) is 0 Å². The number of carbonyl (C=O) groups is 2. The molecule has 94 valence electrons.